The van der Waals surface area contributed by atoms with Gasteiger partial charge in [0.15, 0.2) is 3.92 Å². The number of hydrogen-bond donors (Lipinski definition) is 1. The van der Waals surface area contributed by atoms with Crippen LogP contribution in [0, 0.1) is 0 Å². The van der Waals surface area contributed by atoms with E-state index in [1.807, 2.05) is 0 Å². The molecule has 78 valence electrons. The maximum Gasteiger partial charge on any atom is 0.227 e. The van der Waals surface area contributed by atoms with Crippen LogP contribution < -0.4 is 0 Å². The summed E-state index contributed by atoms with van der Waals surface area (Å²) in [6.07, 6.45) is 3.90. The number of aromatic hydroxyl groups is 1. The van der Waals surface area contributed by atoms with Gasteiger partial charge in [0, 0.05) is 6.54 Å². The van der Waals surface area contributed by atoms with Gasteiger partial charge in [-0.1, -0.05) is 6.42 Å². The van der Waals surface area contributed by atoms with Crippen LogP contribution in [-0.2, 0) is 6.54 Å². The number of aromatic nitrogens is 1. The van der Waals surface area contributed by atoms with Crippen molar-refractivity contribution in [1.29, 1.82) is 0 Å². The summed E-state index contributed by atoms with van der Waals surface area (Å²) in [6, 6.07) is 0. The Morgan fingerprint density at radius 1 is 1.36 bits per heavy atom. The Morgan fingerprint density at radius 2 is 2.07 bits per heavy atom. The SMILES string of the molecule is Oc1nc(Br)sc1CN1CCCCC1. The Bertz CT molecular complexity index is 310. The zero-order valence-electron chi connectivity index (χ0n) is 7.87. The van der Waals surface area contributed by atoms with Crippen LogP contribution in [0.25, 0.3) is 0 Å². The molecule has 1 aliphatic heterocycles. The first kappa shape index (κ1) is 10.4. The zero-order valence-corrected chi connectivity index (χ0v) is 10.3. The number of halogens is 1. The first-order valence-corrected chi connectivity index (χ1v) is 6.43. The van der Waals surface area contributed by atoms with Crippen LogP contribution in [-0.4, -0.2) is 28.1 Å². The normalized spacial score (nSPS) is 18.6. The highest BCUT2D eigenvalue weighted by Gasteiger charge is 2.15. The Hall–Kier alpha value is -0.130. The van der Waals surface area contributed by atoms with E-state index in [-0.39, 0.29) is 5.88 Å². The van der Waals surface area contributed by atoms with Gasteiger partial charge in [-0.3, -0.25) is 4.90 Å². The topological polar surface area (TPSA) is 36.4 Å². The molecule has 0 aliphatic carbocycles. The van der Waals surface area contributed by atoms with Gasteiger partial charge in [0.25, 0.3) is 0 Å². The third-order valence-corrected chi connectivity index (χ3v) is 3.95. The highest BCUT2D eigenvalue weighted by Crippen LogP contribution is 2.29. The molecule has 0 bridgehead atoms. The molecule has 1 fully saturated rings. The molecule has 0 radical (unpaired) electrons. The van der Waals surface area contributed by atoms with Crippen molar-refractivity contribution in [3.05, 3.63) is 8.79 Å². The molecule has 0 amide bonds. The van der Waals surface area contributed by atoms with Gasteiger partial charge >= 0.3 is 0 Å². The van der Waals surface area contributed by atoms with Gasteiger partial charge in [0.05, 0.1) is 4.88 Å². The Labute approximate surface area is 95.9 Å². The molecule has 0 unspecified atom stereocenters. The molecule has 1 aromatic rings. The summed E-state index contributed by atoms with van der Waals surface area (Å²) in [4.78, 5) is 7.29. The second-order valence-electron chi connectivity index (χ2n) is 3.55. The largest absolute Gasteiger partial charge is 0.492 e. The number of piperidine rings is 1. The summed E-state index contributed by atoms with van der Waals surface area (Å²) in [7, 11) is 0. The fraction of sp³-hybridized carbons (Fsp3) is 0.667. The van der Waals surface area contributed by atoms with Crippen LogP contribution in [0.1, 0.15) is 24.1 Å². The molecule has 1 saturated heterocycles. The predicted octanol–water partition coefficient (Wildman–Crippen LogP) is 2.60. The first-order chi connectivity index (χ1) is 6.75. The van der Waals surface area contributed by atoms with Gasteiger partial charge < -0.3 is 5.11 Å². The minimum atomic E-state index is 0.187. The van der Waals surface area contributed by atoms with E-state index in [9.17, 15) is 5.11 Å². The molecule has 0 aromatic carbocycles. The van der Waals surface area contributed by atoms with E-state index in [0.29, 0.717) is 0 Å². The number of likely N-dealkylation sites (tertiary alicyclic amines) is 1. The summed E-state index contributed by atoms with van der Waals surface area (Å²) in [6.45, 7) is 3.14. The molecule has 2 rings (SSSR count). The second kappa shape index (κ2) is 4.59. The minimum Gasteiger partial charge on any atom is -0.492 e. The van der Waals surface area contributed by atoms with Gasteiger partial charge in [-0.05, 0) is 41.9 Å². The number of hydrogen-bond acceptors (Lipinski definition) is 4. The van der Waals surface area contributed by atoms with Gasteiger partial charge in [0.1, 0.15) is 0 Å². The molecular formula is C9H13BrN2OS. The van der Waals surface area contributed by atoms with Gasteiger partial charge in [-0.15, -0.1) is 11.3 Å². The van der Waals surface area contributed by atoms with Crippen LogP contribution in [0.5, 0.6) is 5.88 Å². The molecule has 0 atom stereocenters. The van der Waals surface area contributed by atoms with Crippen LogP contribution >= 0.6 is 27.3 Å². The summed E-state index contributed by atoms with van der Waals surface area (Å²) >= 11 is 4.80. The lowest BCUT2D eigenvalue weighted by atomic mass is 10.1. The predicted molar refractivity (Wildman–Crippen MR) is 60.6 cm³/mol. The second-order valence-corrected chi connectivity index (χ2v) is 5.91. The van der Waals surface area contributed by atoms with Crippen molar-refractivity contribution in [3.63, 3.8) is 0 Å². The van der Waals surface area contributed by atoms with Crippen LogP contribution in [0.15, 0.2) is 3.92 Å². The van der Waals surface area contributed by atoms with E-state index in [4.69, 9.17) is 0 Å². The van der Waals surface area contributed by atoms with E-state index in [1.54, 1.807) is 0 Å². The number of nitrogens with zero attached hydrogens (tertiary/aromatic N) is 2. The fourth-order valence-corrected chi connectivity index (χ4v) is 3.21. The molecule has 0 saturated carbocycles. The average molecular weight is 277 g/mol. The maximum absolute atomic E-state index is 9.50. The molecule has 1 aliphatic rings. The van der Waals surface area contributed by atoms with E-state index < -0.39 is 0 Å². The summed E-state index contributed by atoms with van der Waals surface area (Å²) in [5.74, 6) is 0.187. The Balaban J connectivity index is 1.98. The molecule has 5 heteroatoms. The molecule has 1 N–H and O–H groups in total. The molecule has 2 heterocycles. The quantitative estimate of drug-likeness (QED) is 0.902. The molecule has 1 aromatic heterocycles. The van der Waals surface area contributed by atoms with E-state index in [1.165, 1.54) is 30.6 Å². The summed E-state index contributed by atoms with van der Waals surface area (Å²) in [5, 5.41) is 9.50. The highest BCUT2D eigenvalue weighted by molar-refractivity contribution is 9.11. The Morgan fingerprint density at radius 3 is 2.64 bits per heavy atom. The smallest absolute Gasteiger partial charge is 0.227 e. The van der Waals surface area contributed by atoms with Crippen molar-refractivity contribution < 1.29 is 5.11 Å². The van der Waals surface area contributed by atoms with Crippen molar-refractivity contribution in [2.45, 2.75) is 25.8 Å². The summed E-state index contributed by atoms with van der Waals surface area (Å²) < 4.78 is 0.766. The lowest BCUT2D eigenvalue weighted by Gasteiger charge is -2.25. The molecule has 0 spiro atoms. The number of rotatable bonds is 2. The van der Waals surface area contributed by atoms with Crippen LogP contribution in [0.3, 0.4) is 0 Å². The van der Waals surface area contributed by atoms with E-state index >= 15 is 0 Å². The van der Waals surface area contributed by atoms with Gasteiger partial charge in [-0.25, -0.2) is 0 Å². The third kappa shape index (κ3) is 2.46. The van der Waals surface area contributed by atoms with Crippen molar-refractivity contribution in [2.24, 2.45) is 0 Å². The standard InChI is InChI=1S/C9H13BrN2OS/c10-9-11-8(13)7(14-9)6-12-4-2-1-3-5-12/h13H,1-6H2. The monoisotopic (exact) mass is 276 g/mol. The first-order valence-electron chi connectivity index (χ1n) is 4.82. The van der Waals surface area contributed by atoms with Crippen LogP contribution in [0.4, 0.5) is 0 Å². The van der Waals surface area contributed by atoms with Gasteiger partial charge in [0.2, 0.25) is 5.88 Å². The van der Waals surface area contributed by atoms with Crippen molar-refractivity contribution in [2.75, 3.05) is 13.1 Å². The van der Waals surface area contributed by atoms with Crippen molar-refractivity contribution >= 4 is 27.3 Å². The van der Waals surface area contributed by atoms with Crippen LogP contribution in [0.2, 0.25) is 0 Å². The molecule has 14 heavy (non-hydrogen) atoms. The Kier molecular flexibility index (Phi) is 3.41. The number of thiazole rings is 1. The van der Waals surface area contributed by atoms with Crippen molar-refractivity contribution in [3.8, 4) is 5.88 Å². The minimum absolute atomic E-state index is 0.187. The third-order valence-electron chi connectivity index (χ3n) is 2.47. The molecular weight excluding hydrogens is 264 g/mol. The fourth-order valence-electron chi connectivity index (χ4n) is 1.74. The zero-order chi connectivity index (χ0) is 9.97. The average Bonchev–Trinajstić information content (AvgIpc) is 2.47. The van der Waals surface area contributed by atoms with E-state index in [0.717, 1.165) is 28.4 Å². The maximum atomic E-state index is 9.50. The lowest BCUT2D eigenvalue weighted by molar-refractivity contribution is 0.220. The summed E-state index contributed by atoms with van der Waals surface area (Å²) in [5.41, 5.74) is 0. The van der Waals surface area contributed by atoms with Crippen molar-refractivity contribution in [1.82, 2.24) is 9.88 Å². The molecule has 3 nitrogen and oxygen atoms in total. The lowest BCUT2D eigenvalue weighted by Crippen LogP contribution is -2.28. The van der Waals surface area contributed by atoms with E-state index in [2.05, 4.69) is 25.8 Å². The highest BCUT2D eigenvalue weighted by atomic mass is 79.9. The van der Waals surface area contributed by atoms with Gasteiger partial charge in [-0.2, -0.15) is 4.98 Å².